The van der Waals surface area contributed by atoms with Crippen LogP contribution in [0.4, 0.5) is 9.59 Å². The maximum atomic E-state index is 13.3. The normalized spacial score (nSPS) is 25.5. The van der Waals surface area contributed by atoms with E-state index < -0.39 is 34.3 Å². The van der Waals surface area contributed by atoms with Crippen LogP contribution in [0.1, 0.15) is 94.9 Å². The summed E-state index contributed by atoms with van der Waals surface area (Å²) in [5.41, 5.74) is -3.38. The Hall–Kier alpha value is -3.72. The third-order valence-corrected chi connectivity index (χ3v) is 10.5. The van der Waals surface area contributed by atoms with E-state index in [1.54, 1.807) is 28.9 Å². The molecule has 0 aromatic heterocycles. The van der Waals surface area contributed by atoms with Crippen LogP contribution in [-0.4, -0.2) is 132 Å². The predicted molar refractivity (Wildman–Crippen MR) is 218 cm³/mol. The van der Waals surface area contributed by atoms with Gasteiger partial charge in [-0.05, 0) is 67.2 Å². The number of ether oxygens (including phenoxy) is 2. The standard InChI is InChI=1S/C22H37N3O4.C20H33N3O4/c1-8-10-21(7,19(27)16(3)4)23-14-18(26)22(24-17(5)6)11-12-25(15-22)20(28)29-13-9-2;1-14(2)17(25)19(5)8-6-7-11-27-18(26)23-10-9-20(13-23,22-15(3)4)16(24)12-21-19/h8-9,16-17,23-24H,1-2,10-15H2,3-7H3;6-7,14-15,21-22H,8-13H2,1-5H3. The lowest BCUT2D eigenvalue weighted by Gasteiger charge is -2.34. The minimum absolute atomic E-state index is 0.0259. The van der Waals surface area contributed by atoms with Crippen molar-refractivity contribution in [1.29, 1.82) is 0 Å². The lowest BCUT2D eigenvalue weighted by atomic mass is 9.84. The number of carbonyl (C=O) groups is 6. The number of nitrogens with one attached hydrogen (secondary N) is 4. The average molecular weight is 787 g/mol. The van der Waals surface area contributed by atoms with Crippen molar-refractivity contribution in [2.24, 2.45) is 11.8 Å². The molecule has 4 N–H and O–H groups in total. The number of hydrogen-bond donors (Lipinski definition) is 4. The molecule has 0 aromatic rings. The smallest absolute Gasteiger partial charge is 0.410 e. The Bertz CT molecular complexity index is 1460. The summed E-state index contributed by atoms with van der Waals surface area (Å²) >= 11 is 0. The average Bonchev–Trinajstić information content (AvgIpc) is 3.76. The van der Waals surface area contributed by atoms with Gasteiger partial charge in [0.15, 0.2) is 23.1 Å². The number of likely N-dealkylation sites (tertiary alicyclic amines) is 1. The Labute approximate surface area is 335 Å². The van der Waals surface area contributed by atoms with Crippen LogP contribution in [0.3, 0.4) is 0 Å². The first kappa shape index (κ1) is 48.4. The van der Waals surface area contributed by atoms with Crippen LogP contribution in [0.2, 0.25) is 0 Å². The summed E-state index contributed by atoms with van der Waals surface area (Å²) in [4.78, 5) is 79.5. The van der Waals surface area contributed by atoms with Crippen LogP contribution >= 0.6 is 0 Å². The summed E-state index contributed by atoms with van der Waals surface area (Å²) in [7, 11) is 0. The van der Waals surface area contributed by atoms with E-state index in [4.69, 9.17) is 9.47 Å². The molecule has 2 fully saturated rings. The first-order valence-electron chi connectivity index (χ1n) is 20.0. The van der Waals surface area contributed by atoms with Gasteiger partial charge in [-0.2, -0.15) is 0 Å². The second-order valence-electron chi connectivity index (χ2n) is 17.0. The topological polar surface area (TPSA) is 175 Å². The number of fused-ring (bicyclic) bond motifs is 2. The van der Waals surface area contributed by atoms with Gasteiger partial charge in [0, 0.05) is 50.1 Å². The quantitative estimate of drug-likeness (QED) is 0.165. The molecule has 2 saturated heterocycles. The van der Waals surface area contributed by atoms with Gasteiger partial charge in [0.05, 0.1) is 35.2 Å². The van der Waals surface area contributed by atoms with Crippen LogP contribution in [0.5, 0.6) is 0 Å². The highest BCUT2D eigenvalue weighted by Gasteiger charge is 2.48. The fourth-order valence-electron chi connectivity index (χ4n) is 7.68. The number of carbonyl (C=O) groups excluding carboxylic acids is 6. The summed E-state index contributed by atoms with van der Waals surface area (Å²) in [6.07, 6.45) is 7.81. The molecule has 3 rings (SSSR count). The summed E-state index contributed by atoms with van der Waals surface area (Å²) in [6, 6.07) is 0.144. The van der Waals surface area contributed by atoms with E-state index >= 15 is 0 Å². The molecule has 3 aliphatic heterocycles. The molecular formula is C42H70N6O8. The Morgan fingerprint density at radius 3 is 2.18 bits per heavy atom. The summed E-state index contributed by atoms with van der Waals surface area (Å²) in [5.74, 6) is -0.312. The SMILES string of the molecule is C=CCOC(=O)N1CCC(NC(C)C)(C(=O)CNC(C)(CC=C)C(=O)C(C)C)C1.CC(C)NC12CCN(C1)C(=O)OCC=CCC(C)(C(=O)C(C)C)NCC2=O. The Kier molecular flexibility index (Phi) is 18.3. The lowest BCUT2D eigenvalue weighted by molar-refractivity contribution is -0.130. The Morgan fingerprint density at radius 1 is 0.946 bits per heavy atom. The van der Waals surface area contributed by atoms with E-state index in [1.165, 1.54) is 6.08 Å². The van der Waals surface area contributed by atoms with Crippen molar-refractivity contribution in [3.63, 3.8) is 0 Å². The van der Waals surface area contributed by atoms with Gasteiger partial charge in [-0.3, -0.25) is 29.8 Å². The Balaban J connectivity index is 0.000000388. The van der Waals surface area contributed by atoms with Crippen molar-refractivity contribution in [3.05, 3.63) is 37.5 Å². The monoisotopic (exact) mass is 787 g/mol. The highest BCUT2D eigenvalue weighted by Crippen LogP contribution is 2.27. The molecule has 3 aliphatic rings. The number of amides is 2. The zero-order chi connectivity index (χ0) is 42.5. The third kappa shape index (κ3) is 12.9. The molecule has 2 amide bonds. The summed E-state index contributed by atoms with van der Waals surface area (Å²) in [5, 5.41) is 13.1. The van der Waals surface area contributed by atoms with Crippen LogP contribution < -0.4 is 21.3 Å². The van der Waals surface area contributed by atoms with Gasteiger partial charge in [-0.1, -0.05) is 58.6 Å². The maximum Gasteiger partial charge on any atom is 0.410 e. The highest BCUT2D eigenvalue weighted by molar-refractivity contribution is 5.95. The van der Waals surface area contributed by atoms with Gasteiger partial charge >= 0.3 is 12.2 Å². The first-order valence-corrected chi connectivity index (χ1v) is 20.0. The molecule has 2 bridgehead atoms. The number of cyclic esters (lactones) is 1. The van der Waals surface area contributed by atoms with Crippen molar-refractivity contribution in [1.82, 2.24) is 31.1 Å². The number of rotatable bonds is 16. The molecule has 0 aliphatic carbocycles. The summed E-state index contributed by atoms with van der Waals surface area (Å²) < 4.78 is 10.4. The first-order chi connectivity index (χ1) is 26.1. The van der Waals surface area contributed by atoms with Gasteiger partial charge in [-0.15, -0.1) is 6.58 Å². The van der Waals surface area contributed by atoms with E-state index in [2.05, 4.69) is 34.4 Å². The zero-order valence-corrected chi connectivity index (χ0v) is 35.7. The van der Waals surface area contributed by atoms with Crippen molar-refractivity contribution >= 4 is 35.3 Å². The number of nitrogens with zero attached hydrogens (tertiary/aromatic N) is 2. The van der Waals surface area contributed by atoms with E-state index in [-0.39, 0.29) is 86.4 Å². The van der Waals surface area contributed by atoms with Gasteiger partial charge < -0.3 is 29.9 Å². The van der Waals surface area contributed by atoms with E-state index in [1.807, 2.05) is 68.4 Å². The van der Waals surface area contributed by atoms with Crippen LogP contribution in [0.25, 0.3) is 0 Å². The second-order valence-corrected chi connectivity index (χ2v) is 17.0. The fraction of sp³-hybridized carbons (Fsp3) is 0.714. The van der Waals surface area contributed by atoms with Gasteiger partial charge in [0.2, 0.25) is 0 Å². The van der Waals surface area contributed by atoms with Crippen LogP contribution in [0, 0.1) is 11.8 Å². The van der Waals surface area contributed by atoms with E-state index in [0.29, 0.717) is 38.8 Å². The number of Topliss-reactive ketones (excluding diaryl/α,β-unsaturated/α-hetero) is 4. The van der Waals surface area contributed by atoms with Crippen molar-refractivity contribution in [2.75, 3.05) is 52.5 Å². The number of ketones is 4. The zero-order valence-electron chi connectivity index (χ0n) is 35.7. The molecular weight excluding hydrogens is 716 g/mol. The molecule has 14 nitrogen and oxygen atoms in total. The third-order valence-electron chi connectivity index (χ3n) is 10.5. The maximum absolute atomic E-state index is 13.3. The largest absolute Gasteiger partial charge is 0.445 e. The van der Waals surface area contributed by atoms with Crippen LogP contribution in [-0.2, 0) is 28.7 Å². The van der Waals surface area contributed by atoms with E-state index in [0.717, 1.165) is 0 Å². The van der Waals surface area contributed by atoms with Crippen molar-refractivity contribution in [2.45, 2.75) is 129 Å². The summed E-state index contributed by atoms with van der Waals surface area (Å²) in [6.45, 7) is 28.0. The molecule has 4 atom stereocenters. The predicted octanol–water partition coefficient (Wildman–Crippen LogP) is 4.14. The van der Waals surface area contributed by atoms with Gasteiger partial charge in [-0.25, -0.2) is 9.59 Å². The van der Waals surface area contributed by atoms with Gasteiger partial charge in [0.1, 0.15) is 13.2 Å². The van der Waals surface area contributed by atoms with E-state index in [9.17, 15) is 28.8 Å². The Morgan fingerprint density at radius 2 is 1.61 bits per heavy atom. The molecule has 56 heavy (non-hydrogen) atoms. The molecule has 0 aromatic carbocycles. The van der Waals surface area contributed by atoms with Crippen LogP contribution in [0.15, 0.2) is 37.5 Å². The molecule has 0 saturated carbocycles. The van der Waals surface area contributed by atoms with Crippen molar-refractivity contribution in [3.8, 4) is 0 Å². The second kappa shape index (κ2) is 21.2. The molecule has 0 radical (unpaired) electrons. The van der Waals surface area contributed by atoms with Crippen molar-refractivity contribution < 1.29 is 38.2 Å². The molecule has 0 spiro atoms. The number of hydrogen-bond acceptors (Lipinski definition) is 12. The minimum atomic E-state index is -0.871. The minimum Gasteiger partial charge on any atom is -0.445 e. The molecule has 3 heterocycles. The molecule has 14 heteroatoms. The van der Waals surface area contributed by atoms with Gasteiger partial charge in [0.25, 0.3) is 0 Å². The molecule has 316 valence electrons. The highest BCUT2D eigenvalue weighted by atomic mass is 16.6. The fourth-order valence-corrected chi connectivity index (χ4v) is 7.68. The molecule has 4 unspecified atom stereocenters. The lowest BCUT2D eigenvalue weighted by Crippen LogP contribution is -2.61.